The average Bonchev–Trinajstić information content (AvgIpc) is 2.51. The first-order valence-electron chi connectivity index (χ1n) is 4.80. The fourth-order valence-corrected chi connectivity index (χ4v) is 1.16. The topological polar surface area (TPSA) is 67.4 Å². The molecule has 1 atom stereocenters. The van der Waals surface area contributed by atoms with E-state index in [-0.39, 0.29) is 11.8 Å². The molecule has 5 heteroatoms. The van der Waals surface area contributed by atoms with E-state index in [2.05, 4.69) is 10.8 Å². The molecule has 0 radical (unpaired) electrons. The summed E-state index contributed by atoms with van der Waals surface area (Å²) >= 11 is 0. The number of rotatable bonds is 4. The molecule has 0 saturated carbocycles. The molecule has 0 aliphatic carbocycles. The third kappa shape index (κ3) is 3.33. The number of hydrogen-bond donors (Lipinski definition) is 2. The third-order valence-electron chi connectivity index (χ3n) is 1.90. The molecule has 1 fully saturated rings. The quantitative estimate of drug-likeness (QED) is 0.626. The fraction of sp³-hybridized carbons (Fsp3) is 0.778. The zero-order chi connectivity index (χ0) is 10.6. The molecule has 14 heavy (non-hydrogen) atoms. The van der Waals surface area contributed by atoms with Gasteiger partial charge in [-0.25, -0.2) is 5.48 Å². The molecular formula is C9H16N2O3. The van der Waals surface area contributed by atoms with Gasteiger partial charge < -0.3 is 5.32 Å². The van der Waals surface area contributed by atoms with Gasteiger partial charge in [-0.3, -0.25) is 14.4 Å². The summed E-state index contributed by atoms with van der Waals surface area (Å²) in [5.41, 5.74) is 2.32. The highest BCUT2D eigenvalue weighted by Crippen LogP contribution is 2.06. The molecule has 0 aromatic carbocycles. The van der Waals surface area contributed by atoms with Gasteiger partial charge in [0.1, 0.15) is 6.04 Å². The molecule has 0 aromatic rings. The van der Waals surface area contributed by atoms with Crippen molar-refractivity contribution in [1.29, 1.82) is 0 Å². The highest BCUT2D eigenvalue weighted by atomic mass is 16.7. The number of nitrogens with one attached hydrogen (secondary N) is 2. The molecule has 1 rings (SSSR count). The first-order chi connectivity index (χ1) is 6.59. The largest absolute Gasteiger partial charge is 0.344 e. The van der Waals surface area contributed by atoms with Crippen molar-refractivity contribution in [2.75, 3.05) is 6.61 Å². The Morgan fingerprint density at radius 2 is 2.43 bits per heavy atom. The van der Waals surface area contributed by atoms with Crippen LogP contribution < -0.4 is 10.8 Å². The van der Waals surface area contributed by atoms with Crippen molar-refractivity contribution in [3.63, 3.8) is 0 Å². The summed E-state index contributed by atoms with van der Waals surface area (Å²) in [7, 11) is 0. The van der Waals surface area contributed by atoms with Gasteiger partial charge in [-0.2, -0.15) is 0 Å². The van der Waals surface area contributed by atoms with Crippen LogP contribution in [-0.4, -0.2) is 24.5 Å². The minimum atomic E-state index is -0.422. The van der Waals surface area contributed by atoms with Crippen molar-refractivity contribution >= 4 is 11.8 Å². The van der Waals surface area contributed by atoms with Gasteiger partial charge >= 0.3 is 0 Å². The van der Waals surface area contributed by atoms with E-state index >= 15 is 0 Å². The lowest BCUT2D eigenvalue weighted by Gasteiger charge is -2.11. The van der Waals surface area contributed by atoms with E-state index < -0.39 is 6.04 Å². The maximum Gasteiger partial charge on any atom is 0.266 e. The van der Waals surface area contributed by atoms with Crippen LogP contribution in [0.4, 0.5) is 0 Å². The number of carbonyl (C=O) groups excluding carboxylic acids is 2. The van der Waals surface area contributed by atoms with E-state index in [0.717, 1.165) is 0 Å². The van der Waals surface area contributed by atoms with Crippen LogP contribution in [0.3, 0.4) is 0 Å². The molecule has 1 aliphatic heterocycles. The van der Waals surface area contributed by atoms with Crippen molar-refractivity contribution in [1.82, 2.24) is 10.8 Å². The second-order valence-corrected chi connectivity index (χ2v) is 3.83. The fourth-order valence-electron chi connectivity index (χ4n) is 1.16. The summed E-state index contributed by atoms with van der Waals surface area (Å²) < 4.78 is 0. The number of hydrogen-bond acceptors (Lipinski definition) is 3. The Hall–Kier alpha value is -1.10. The first kappa shape index (κ1) is 11.0. The Kier molecular flexibility index (Phi) is 3.88. The maximum atomic E-state index is 11.3. The number of carbonyl (C=O) groups is 2. The summed E-state index contributed by atoms with van der Waals surface area (Å²) in [6.07, 6.45) is 0.970. The highest BCUT2D eigenvalue weighted by Gasteiger charge is 2.27. The van der Waals surface area contributed by atoms with E-state index in [1.54, 1.807) is 0 Å². The van der Waals surface area contributed by atoms with Crippen molar-refractivity contribution in [2.24, 2.45) is 5.92 Å². The molecule has 80 valence electrons. The minimum Gasteiger partial charge on any atom is -0.344 e. The van der Waals surface area contributed by atoms with Crippen LogP contribution in [0.5, 0.6) is 0 Å². The predicted molar refractivity (Wildman–Crippen MR) is 50.1 cm³/mol. The molecule has 5 nitrogen and oxygen atoms in total. The molecular weight excluding hydrogens is 184 g/mol. The lowest BCUT2D eigenvalue weighted by Crippen LogP contribution is -2.41. The molecule has 2 N–H and O–H groups in total. The summed E-state index contributed by atoms with van der Waals surface area (Å²) in [6, 6.07) is -0.422. The predicted octanol–water partition coefficient (Wildman–Crippen LogP) is -0.0312. The Bertz CT molecular complexity index is 228. The smallest absolute Gasteiger partial charge is 0.266 e. The zero-order valence-electron chi connectivity index (χ0n) is 8.50. The Morgan fingerprint density at radius 3 is 2.93 bits per heavy atom. The van der Waals surface area contributed by atoms with Crippen LogP contribution in [0.15, 0.2) is 0 Å². The molecule has 1 saturated heterocycles. The molecule has 2 amide bonds. The molecule has 0 bridgehead atoms. The maximum absolute atomic E-state index is 11.3. The first-order valence-corrected chi connectivity index (χ1v) is 4.80. The Labute approximate surface area is 83.1 Å². The Morgan fingerprint density at radius 1 is 1.71 bits per heavy atom. The molecule has 1 heterocycles. The van der Waals surface area contributed by atoms with Crippen LogP contribution in [-0.2, 0) is 14.4 Å². The van der Waals surface area contributed by atoms with Crippen LogP contribution in [0, 0.1) is 5.92 Å². The Balaban J connectivity index is 2.18. The monoisotopic (exact) mass is 200 g/mol. The molecule has 0 unspecified atom stereocenters. The van der Waals surface area contributed by atoms with E-state index in [4.69, 9.17) is 4.84 Å². The number of hydroxylamine groups is 1. The number of amides is 2. The van der Waals surface area contributed by atoms with Crippen molar-refractivity contribution in [3.8, 4) is 0 Å². The van der Waals surface area contributed by atoms with E-state index in [1.807, 2.05) is 13.8 Å². The summed E-state index contributed by atoms with van der Waals surface area (Å²) in [5, 5.41) is 2.56. The van der Waals surface area contributed by atoms with E-state index in [1.165, 1.54) is 0 Å². The minimum absolute atomic E-state index is 0.0750. The average molecular weight is 200 g/mol. The van der Waals surface area contributed by atoms with Gasteiger partial charge in [0, 0.05) is 6.42 Å². The normalized spacial score (nSPS) is 21.1. The second kappa shape index (κ2) is 4.95. The van der Waals surface area contributed by atoms with Crippen LogP contribution in [0.25, 0.3) is 0 Å². The summed E-state index contributed by atoms with van der Waals surface area (Å²) in [5.74, 6) is 0.0268. The van der Waals surface area contributed by atoms with E-state index in [9.17, 15) is 9.59 Å². The van der Waals surface area contributed by atoms with Crippen LogP contribution in [0.1, 0.15) is 26.7 Å². The SMILES string of the molecule is CC(C)CONC(=O)[C@H]1CCC(=O)N1. The lowest BCUT2D eigenvalue weighted by molar-refractivity contribution is -0.137. The molecule has 0 spiro atoms. The van der Waals surface area contributed by atoms with E-state index in [0.29, 0.717) is 25.4 Å². The molecule has 0 aromatic heterocycles. The van der Waals surface area contributed by atoms with Gasteiger partial charge in [-0.15, -0.1) is 0 Å². The van der Waals surface area contributed by atoms with Crippen molar-refractivity contribution < 1.29 is 14.4 Å². The van der Waals surface area contributed by atoms with Gasteiger partial charge in [0.05, 0.1) is 6.61 Å². The summed E-state index contributed by atoms with van der Waals surface area (Å²) in [6.45, 7) is 4.46. The van der Waals surface area contributed by atoms with Gasteiger partial charge in [0.15, 0.2) is 0 Å². The van der Waals surface area contributed by atoms with Crippen LogP contribution in [0.2, 0.25) is 0 Å². The lowest BCUT2D eigenvalue weighted by atomic mass is 10.2. The van der Waals surface area contributed by atoms with Gasteiger partial charge in [-0.05, 0) is 12.3 Å². The van der Waals surface area contributed by atoms with Crippen molar-refractivity contribution in [3.05, 3.63) is 0 Å². The second-order valence-electron chi connectivity index (χ2n) is 3.83. The molecule has 1 aliphatic rings. The highest BCUT2D eigenvalue weighted by molar-refractivity contribution is 5.90. The van der Waals surface area contributed by atoms with Crippen molar-refractivity contribution in [2.45, 2.75) is 32.7 Å². The van der Waals surface area contributed by atoms with Gasteiger partial charge in [0.2, 0.25) is 5.91 Å². The zero-order valence-corrected chi connectivity index (χ0v) is 8.50. The van der Waals surface area contributed by atoms with Crippen LogP contribution >= 0.6 is 0 Å². The summed E-state index contributed by atoms with van der Waals surface area (Å²) in [4.78, 5) is 27.1. The van der Waals surface area contributed by atoms with Gasteiger partial charge in [0.25, 0.3) is 5.91 Å². The standard InChI is InChI=1S/C9H16N2O3/c1-6(2)5-14-11-9(13)7-3-4-8(12)10-7/h6-7H,3-5H2,1-2H3,(H,10,12)(H,11,13)/t7-/m1/s1. The van der Waals surface area contributed by atoms with Gasteiger partial charge in [-0.1, -0.05) is 13.8 Å². The third-order valence-corrected chi connectivity index (χ3v) is 1.90.